The van der Waals surface area contributed by atoms with Gasteiger partial charge in [-0.25, -0.2) is 0 Å². The minimum Gasteiger partial charge on any atom is -0.319 e. The van der Waals surface area contributed by atoms with E-state index in [0.29, 0.717) is 12.1 Å². The quantitative estimate of drug-likeness (QED) is 0.792. The number of hydrogen-bond donors (Lipinski definition) is 1. The van der Waals surface area contributed by atoms with Crippen molar-refractivity contribution < 1.29 is 35.1 Å². The number of hydrogen-bond acceptors (Lipinski definition) is 1. The summed E-state index contributed by atoms with van der Waals surface area (Å²) < 4.78 is 99.7. The molecule has 0 bridgehead atoms. The molecule has 10 heteroatoms. The Balaban J connectivity index is 3.29. The van der Waals surface area contributed by atoms with Gasteiger partial charge >= 0.3 is 18.3 Å². The SMILES string of the molecule is N[C@H](c1ccc(Cl)c(C(F)(F)F)c1)C(F)(F)C(F)(F)F. The molecule has 0 fully saturated rings. The van der Waals surface area contributed by atoms with E-state index in [-0.39, 0.29) is 6.07 Å². The van der Waals surface area contributed by atoms with Gasteiger partial charge in [0, 0.05) is 0 Å². The van der Waals surface area contributed by atoms with Crippen molar-refractivity contribution in [2.24, 2.45) is 5.73 Å². The van der Waals surface area contributed by atoms with E-state index in [0.717, 1.165) is 0 Å². The third-order valence-corrected chi connectivity index (χ3v) is 2.75. The molecule has 1 atom stereocenters. The van der Waals surface area contributed by atoms with Crippen LogP contribution in [0.25, 0.3) is 0 Å². The summed E-state index contributed by atoms with van der Waals surface area (Å²) in [5.41, 5.74) is 2.18. The molecule has 0 aliphatic heterocycles. The monoisotopic (exact) mass is 327 g/mol. The van der Waals surface area contributed by atoms with Crippen molar-refractivity contribution in [3.05, 3.63) is 34.3 Å². The summed E-state index contributed by atoms with van der Waals surface area (Å²) in [6.07, 6.45) is -11.0. The highest BCUT2D eigenvalue weighted by atomic mass is 35.5. The van der Waals surface area contributed by atoms with E-state index >= 15 is 0 Å². The molecule has 0 amide bonds. The van der Waals surface area contributed by atoms with E-state index in [4.69, 9.17) is 17.3 Å². The molecule has 0 aromatic heterocycles. The van der Waals surface area contributed by atoms with Gasteiger partial charge in [-0.05, 0) is 17.7 Å². The maximum absolute atomic E-state index is 13.0. The van der Waals surface area contributed by atoms with Gasteiger partial charge in [-0.3, -0.25) is 0 Å². The fourth-order valence-corrected chi connectivity index (χ4v) is 1.56. The Hall–Kier alpha value is -1.09. The third kappa shape index (κ3) is 3.14. The van der Waals surface area contributed by atoms with Crippen LogP contribution >= 0.6 is 11.6 Å². The van der Waals surface area contributed by atoms with E-state index in [1.165, 1.54) is 0 Å². The average Bonchev–Trinajstić information content (AvgIpc) is 2.25. The molecule has 0 saturated heterocycles. The van der Waals surface area contributed by atoms with Gasteiger partial charge in [0.2, 0.25) is 0 Å². The van der Waals surface area contributed by atoms with Crippen LogP contribution in [0.4, 0.5) is 35.1 Å². The first-order valence-corrected chi connectivity index (χ1v) is 5.23. The molecule has 0 unspecified atom stereocenters. The maximum Gasteiger partial charge on any atom is 0.455 e. The molecule has 0 radical (unpaired) electrons. The fraction of sp³-hybridized carbons (Fsp3) is 0.400. The summed E-state index contributed by atoms with van der Waals surface area (Å²) in [6, 6.07) is -1.75. The fourth-order valence-electron chi connectivity index (χ4n) is 1.34. The molecule has 0 spiro atoms. The zero-order chi connectivity index (χ0) is 15.9. The van der Waals surface area contributed by atoms with E-state index in [1.807, 2.05) is 0 Å². The van der Waals surface area contributed by atoms with Gasteiger partial charge in [0.25, 0.3) is 0 Å². The van der Waals surface area contributed by atoms with E-state index in [9.17, 15) is 35.1 Å². The zero-order valence-electron chi connectivity index (χ0n) is 9.29. The molecule has 0 saturated carbocycles. The summed E-state index contributed by atoms with van der Waals surface area (Å²) in [5.74, 6) is -5.37. The second-order valence-electron chi connectivity index (χ2n) is 3.84. The third-order valence-electron chi connectivity index (χ3n) is 2.42. The molecule has 2 N–H and O–H groups in total. The highest BCUT2D eigenvalue weighted by Gasteiger charge is 2.61. The van der Waals surface area contributed by atoms with Crippen LogP contribution < -0.4 is 5.73 Å². The predicted octanol–water partition coefficient (Wildman–Crippen LogP) is 4.56. The maximum atomic E-state index is 13.0. The highest BCUT2D eigenvalue weighted by molar-refractivity contribution is 6.31. The molecule has 114 valence electrons. The van der Waals surface area contributed by atoms with Crippen molar-refractivity contribution in [2.45, 2.75) is 24.3 Å². The Labute approximate surface area is 112 Å². The summed E-state index contributed by atoms with van der Waals surface area (Å²) in [7, 11) is 0. The largest absolute Gasteiger partial charge is 0.455 e. The molecule has 0 aliphatic rings. The second kappa shape index (κ2) is 5.03. The molecule has 1 rings (SSSR count). The van der Waals surface area contributed by atoms with Crippen LogP contribution in [0, 0.1) is 0 Å². The number of rotatable bonds is 2. The molecule has 1 nitrogen and oxygen atoms in total. The van der Waals surface area contributed by atoms with Crippen molar-refractivity contribution >= 4 is 11.6 Å². The lowest BCUT2D eigenvalue weighted by atomic mass is 9.99. The smallest absolute Gasteiger partial charge is 0.319 e. The molecule has 0 aliphatic carbocycles. The Morgan fingerprint density at radius 2 is 1.45 bits per heavy atom. The van der Waals surface area contributed by atoms with Gasteiger partial charge in [-0.1, -0.05) is 17.7 Å². The van der Waals surface area contributed by atoms with Crippen LogP contribution in [0.3, 0.4) is 0 Å². The summed E-state index contributed by atoms with van der Waals surface area (Å²) in [4.78, 5) is 0. The lowest BCUT2D eigenvalue weighted by Crippen LogP contribution is -2.45. The summed E-state index contributed by atoms with van der Waals surface area (Å²) >= 11 is 5.22. The number of halogens is 9. The van der Waals surface area contributed by atoms with Gasteiger partial charge in [-0.15, -0.1) is 0 Å². The van der Waals surface area contributed by atoms with Gasteiger partial charge in [0.05, 0.1) is 10.6 Å². The van der Waals surface area contributed by atoms with Crippen molar-refractivity contribution in [1.82, 2.24) is 0 Å². The predicted molar refractivity (Wildman–Crippen MR) is 54.4 cm³/mol. The van der Waals surface area contributed by atoms with Gasteiger partial charge in [-0.2, -0.15) is 35.1 Å². The van der Waals surface area contributed by atoms with E-state index in [2.05, 4.69) is 0 Å². The topological polar surface area (TPSA) is 26.0 Å². The molecule has 20 heavy (non-hydrogen) atoms. The number of alkyl halides is 8. The molecule has 1 aromatic rings. The average molecular weight is 328 g/mol. The van der Waals surface area contributed by atoms with Gasteiger partial charge in [0.15, 0.2) is 0 Å². The van der Waals surface area contributed by atoms with Gasteiger partial charge in [0.1, 0.15) is 6.04 Å². The summed E-state index contributed by atoms with van der Waals surface area (Å²) in [6.45, 7) is 0. The Kier molecular flexibility index (Phi) is 4.27. The summed E-state index contributed by atoms with van der Waals surface area (Å²) in [5, 5.41) is -0.830. The van der Waals surface area contributed by atoms with E-state index < -0.39 is 40.5 Å². The molecular weight excluding hydrogens is 322 g/mol. The van der Waals surface area contributed by atoms with Crippen molar-refractivity contribution in [3.8, 4) is 0 Å². The number of nitrogens with two attached hydrogens (primary N) is 1. The van der Waals surface area contributed by atoms with Crippen LogP contribution in [0.15, 0.2) is 18.2 Å². The van der Waals surface area contributed by atoms with Gasteiger partial charge < -0.3 is 5.73 Å². The normalized spacial score (nSPS) is 15.3. The Morgan fingerprint density at radius 3 is 1.85 bits per heavy atom. The van der Waals surface area contributed by atoms with Crippen LogP contribution in [0.1, 0.15) is 17.2 Å². The van der Waals surface area contributed by atoms with Crippen LogP contribution in [-0.4, -0.2) is 12.1 Å². The zero-order valence-corrected chi connectivity index (χ0v) is 10.0. The number of benzene rings is 1. The van der Waals surface area contributed by atoms with Crippen molar-refractivity contribution in [1.29, 1.82) is 0 Å². The lowest BCUT2D eigenvalue weighted by molar-refractivity contribution is -0.291. The first-order valence-electron chi connectivity index (χ1n) is 4.85. The Bertz CT molecular complexity index is 493. The van der Waals surface area contributed by atoms with Crippen molar-refractivity contribution in [2.75, 3.05) is 0 Å². The second-order valence-corrected chi connectivity index (χ2v) is 4.24. The highest BCUT2D eigenvalue weighted by Crippen LogP contribution is 2.44. The first-order chi connectivity index (χ1) is 8.78. The minimum absolute atomic E-state index is 0.0760. The van der Waals surface area contributed by atoms with Crippen LogP contribution in [0.5, 0.6) is 0 Å². The standard InChI is InChI=1S/C10H6ClF8N/c11-6-2-1-4(3-5(6)9(14,15)16)7(20)8(12,13)10(17,18)19/h1-3,7H,20H2/t7-/m1/s1. The first kappa shape index (κ1) is 17.0. The van der Waals surface area contributed by atoms with Crippen LogP contribution in [-0.2, 0) is 6.18 Å². The van der Waals surface area contributed by atoms with Crippen molar-refractivity contribution in [3.63, 3.8) is 0 Å². The molecule has 0 heterocycles. The Morgan fingerprint density at radius 1 is 0.950 bits per heavy atom. The molecular formula is C10H6ClF8N. The van der Waals surface area contributed by atoms with Crippen LogP contribution in [0.2, 0.25) is 5.02 Å². The minimum atomic E-state index is -5.98. The van der Waals surface area contributed by atoms with E-state index in [1.54, 1.807) is 0 Å². The molecule has 1 aromatic carbocycles. The lowest BCUT2D eigenvalue weighted by Gasteiger charge is -2.26.